The maximum atomic E-state index is 11.1. The van der Waals surface area contributed by atoms with Gasteiger partial charge in [-0.3, -0.25) is 9.69 Å². The molecule has 1 atom stereocenters. The number of nitrogens with zero attached hydrogens (tertiary/aromatic N) is 3. The Labute approximate surface area is 93.3 Å². The van der Waals surface area contributed by atoms with Crippen molar-refractivity contribution in [3.8, 4) is 0 Å². The molecule has 5 nitrogen and oxygen atoms in total. The smallest absolute Gasteiger partial charge is 0.327 e. The third-order valence-corrected chi connectivity index (χ3v) is 2.73. The van der Waals surface area contributed by atoms with Crippen molar-refractivity contribution in [2.75, 3.05) is 14.1 Å². The maximum absolute atomic E-state index is 11.1. The summed E-state index contributed by atoms with van der Waals surface area (Å²) in [4.78, 5) is 16.8. The number of aryl methyl sites for hydroxylation is 1. The van der Waals surface area contributed by atoms with Gasteiger partial charge in [-0.05, 0) is 21.0 Å². The number of likely N-dealkylation sites (N-methyl/N-ethyl adjacent to an activating group) is 1. The first kappa shape index (κ1) is 12.0. The normalized spacial score (nSPS) is 13.2. The Morgan fingerprint density at radius 1 is 1.60 bits per heavy atom. The van der Waals surface area contributed by atoms with Gasteiger partial charge in [-0.15, -0.1) is 0 Å². The van der Waals surface area contributed by atoms with Crippen molar-refractivity contribution in [3.63, 3.8) is 0 Å². The van der Waals surface area contributed by atoms with Gasteiger partial charge in [0.15, 0.2) is 6.04 Å². The molecule has 0 bridgehead atoms. The van der Waals surface area contributed by atoms with E-state index < -0.39 is 12.0 Å². The van der Waals surface area contributed by atoms with Crippen LogP contribution in [0.1, 0.15) is 17.6 Å². The van der Waals surface area contributed by atoms with Crippen LogP contribution in [0.25, 0.3) is 0 Å². The summed E-state index contributed by atoms with van der Waals surface area (Å²) < 4.78 is 1.66. The van der Waals surface area contributed by atoms with Gasteiger partial charge in [0.1, 0.15) is 16.7 Å². The number of carboxylic acid groups (broad SMARTS) is 1. The first-order valence-electron chi connectivity index (χ1n) is 4.44. The highest BCUT2D eigenvalue weighted by molar-refractivity contribution is 6.30. The van der Waals surface area contributed by atoms with Crippen molar-refractivity contribution in [2.24, 2.45) is 7.05 Å². The van der Waals surface area contributed by atoms with Crippen LogP contribution >= 0.6 is 11.6 Å². The molecule has 0 aliphatic rings. The topological polar surface area (TPSA) is 58.4 Å². The van der Waals surface area contributed by atoms with E-state index >= 15 is 0 Å². The highest BCUT2D eigenvalue weighted by Gasteiger charge is 2.28. The Morgan fingerprint density at radius 3 is 2.40 bits per heavy atom. The van der Waals surface area contributed by atoms with E-state index in [1.165, 1.54) is 0 Å². The average molecular weight is 232 g/mol. The van der Waals surface area contributed by atoms with E-state index in [-0.39, 0.29) is 0 Å². The molecule has 1 heterocycles. The molecule has 0 aromatic carbocycles. The molecule has 1 aromatic heterocycles. The van der Waals surface area contributed by atoms with Crippen LogP contribution in [0.4, 0.5) is 0 Å². The predicted octanol–water partition coefficient (Wildman–Crippen LogP) is 1.07. The molecule has 0 spiro atoms. The minimum absolute atomic E-state index is 0.369. The van der Waals surface area contributed by atoms with Gasteiger partial charge >= 0.3 is 5.97 Å². The van der Waals surface area contributed by atoms with Crippen molar-refractivity contribution in [1.29, 1.82) is 0 Å². The number of imidazole rings is 1. The first-order chi connectivity index (χ1) is 6.86. The zero-order chi connectivity index (χ0) is 11.7. The number of carbonyl (C=O) groups is 1. The molecule has 6 heteroatoms. The summed E-state index contributed by atoms with van der Waals surface area (Å²) in [6.45, 7) is 1.78. The highest BCUT2D eigenvalue weighted by Crippen LogP contribution is 2.26. The summed E-state index contributed by atoms with van der Waals surface area (Å²) in [6, 6.07) is -0.808. The number of aliphatic carboxylic acids is 1. The molecular formula is C9H14ClN3O2. The SMILES string of the molecule is Cc1nc(C(C(=O)O)N(C)C)c(Cl)n1C. The van der Waals surface area contributed by atoms with Gasteiger partial charge in [0.05, 0.1) is 0 Å². The van der Waals surface area contributed by atoms with Crippen LogP contribution in [-0.4, -0.2) is 39.6 Å². The molecule has 0 aliphatic carbocycles. The molecular weight excluding hydrogens is 218 g/mol. The standard InChI is InChI=1S/C9H14ClN3O2/c1-5-11-6(8(10)13(5)4)7(9(14)15)12(2)3/h7H,1-4H3,(H,14,15). The van der Waals surface area contributed by atoms with Crippen LogP contribution in [0.15, 0.2) is 0 Å². The average Bonchev–Trinajstić information content (AvgIpc) is 2.33. The summed E-state index contributed by atoms with van der Waals surface area (Å²) in [6.07, 6.45) is 0. The number of hydrogen-bond donors (Lipinski definition) is 1. The third kappa shape index (κ3) is 2.13. The van der Waals surface area contributed by atoms with Gasteiger partial charge in [-0.25, -0.2) is 4.98 Å². The molecule has 0 saturated carbocycles. The van der Waals surface area contributed by atoms with Crippen LogP contribution in [-0.2, 0) is 11.8 Å². The van der Waals surface area contributed by atoms with Crippen LogP contribution < -0.4 is 0 Å². The van der Waals surface area contributed by atoms with Gasteiger partial charge in [0.2, 0.25) is 0 Å². The fourth-order valence-electron chi connectivity index (χ4n) is 1.37. The first-order valence-corrected chi connectivity index (χ1v) is 4.82. The monoisotopic (exact) mass is 231 g/mol. The second kappa shape index (κ2) is 4.20. The maximum Gasteiger partial charge on any atom is 0.327 e. The fraction of sp³-hybridized carbons (Fsp3) is 0.556. The van der Waals surface area contributed by atoms with Crippen LogP contribution in [0.2, 0.25) is 5.15 Å². The summed E-state index contributed by atoms with van der Waals surface area (Å²) in [5.41, 5.74) is 0.383. The lowest BCUT2D eigenvalue weighted by atomic mass is 10.2. The van der Waals surface area contributed by atoms with Gasteiger partial charge in [0, 0.05) is 7.05 Å². The number of halogens is 1. The van der Waals surface area contributed by atoms with E-state index in [2.05, 4.69) is 4.98 Å². The van der Waals surface area contributed by atoms with Crippen molar-refractivity contribution in [2.45, 2.75) is 13.0 Å². The van der Waals surface area contributed by atoms with E-state index in [9.17, 15) is 4.79 Å². The fourth-order valence-corrected chi connectivity index (χ4v) is 1.63. The molecule has 1 N–H and O–H groups in total. The lowest BCUT2D eigenvalue weighted by Crippen LogP contribution is -2.28. The van der Waals surface area contributed by atoms with Crippen LogP contribution in [0.5, 0.6) is 0 Å². The molecule has 0 radical (unpaired) electrons. The highest BCUT2D eigenvalue weighted by atomic mass is 35.5. The van der Waals surface area contributed by atoms with Gasteiger partial charge in [-0.1, -0.05) is 11.6 Å². The van der Waals surface area contributed by atoms with E-state index in [0.29, 0.717) is 16.7 Å². The lowest BCUT2D eigenvalue weighted by molar-refractivity contribution is -0.142. The number of hydrogen-bond acceptors (Lipinski definition) is 3. The van der Waals surface area contributed by atoms with E-state index in [1.54, 1.807) is 37.5 Å². The van der Waals surface area contributed by atoms with Crippen molar-refractivity contribution >= 4 is 17.6 Å². The van der Waals surface area contributed by atoms with E-state index in [0.717, 1.165) is 0 Å². The minimum atomic E-state index is -0.958. The summed E-state index contributed by atoms with van der Waals surface area (Å²) >= 11 is 6.01. The van der Waals surface area contributed by atoms with E-state index in [1.807, 2.05) is 0 Å². The Hall–Kier alpha value is -1.07. The second-order valence-electron chi connectivity index (χ2n) is 3.60. The van der Waals surface area contributed by atoms with Gasteiger partial charge in [-0.2, -0.15) is 0 Å². The molecule has 0 amide bonds. The Kier molecular flexibility index (Phi) is 3.36. The Bertz CT molecular complexity index is 387. The summed E-state index contributed by atoms with van der Waals surface area (Å²) in [7, 11) is 5.11. The van der Waals surface area contributed by atoms with Crippen LogP contribution in [0, 0.1) is 6.92 Å². The summed E-state index contributed by atoms with van der Waals surface area (Å²) in [5.74, 6) is -0.261. The third-order valence-electron chi connectivity index (χ3n) is 2.28. The molecule has 0 fully saturated rings. The van der Waals surface area contributed by atoms with Crippen LogP contribution in [0.3, 0.4) is 0 Å². The number of carboxylic acids is 1. The largest absolute Gasteiger partial charge is 0.480 e. The molecule has 0 aliphatic heterocycles. The van der Waals surface area contributed by atoms with E-state index in [4.69, 9.17) is 16.7 Å². The number of aromatic nitrogens is 2. The van der Waals surface area contributed by atoms with Gasteiger partial charge < -0.3 is 9.67 Å². The lowest BCUT2D eigenvalue weighted by Gasteiger charge is -2.18. The predicted molar refractivity (Wildman–Crippen MR) is 57.0 cm³/mol. The Balaban J connectivity index is 3.23. The molecule has 1 rings (SSSR count). The zero-order valence-corrected chi connectivity index (χ0v) is 9.91. The molecule has 84 valence electrons. The molecule has 1 aromatic rings. The Morgan fingerprint density at radius 2 is 2.13 bits per heavy atom. The second-order valence-corrected chi connectivity index (χ2v) is 3.96. The number of rotatable bonds is 3. The zero-order valence-electron chi connectivity index (χ0n) is 9.15. The molecule has 15 heavy (non-hydrogen) atoms. The summed E-state index contributed by atoms with van der Waals surface area (Å²) in [5, 5.41) is 9.44. The molecule has 1 unspecified atom stereocenters. The van der Waals surface area contributed by atoms with Crippen molar-refractivity contribution in [1.82, 2.24) is 14.5 Å². The van der Waals surface area contributed by atoms with Crippen molar-refractivity contribution < 1.29 is 9.90 Å². The minimum Gasteiger partial charge on any atom is -0.480 e. The quantitative estimate of drug-likeness (QED) is 0.846. The van der Waals surface area contributed by atoms with Crippen molar-refractivity contribution in [3.05, 3.63) is 16.7 Å². The van der Waals surface area contributed by atoms with Gasteiger partial charge in [0.25, 0.3) is 0 Å². The molecule has 0 saturated heterocycles.